The third kappa shape index (κ3) is 3.53. The fourth-order valence-electron chi connectivity index (χ4n) is 2.33. The number of rotatable bonds is 4. The smallest absolute Gasteiger partial charge is 0.285 e. The number of aryl methyl sites for hydroxylation is 1. The van der Waals surface area contributed by atoms with E-state index in [-0.39, 0.29) is 17.1 Å². The summed E-state index contributed by atoms with van der Waals surface area (Å²) in [6, 6.07) is 10.4. The second-order valence-electron chi connectivity index (χ2n) is 5.23. The lowest BCUT2D eigenvalue weighted by molar-refractivity contribution is -0.385. The predicted octanol–water partition coefficient (Wildman–Crippen LogP) is 4.42. The van der Waals surface area contributed by atoms with Gasteiger partial charge in [-0.25, -0.2) is 9.37 Å². The van der Waals surface area contributed by atoms with E-state index in [9.17, 15) is 19.3 Å². The Balaban J connectivity index is 1.84. The molecule has 0 unspecified atom stereocenters. The maximum atomic E-state index is 13.0. The number of halogens is 1. The molecule has 3 aromatic rings. The molecule has 126 valence electrons. The molecule has 1 amide bonds. The van der Waals surface area contributed by atoms with Crippen molar-refractivity contribution in [1.82, 2.24) is 4.98 Å². The van der Waals surface area contributed by atoms with Gasteiger partial charge in [-0.15, -0.1) is 11.3 Å². The molecule has 2 aromatic carbocycles. The van der Waals surface area contributed by atoms with Gasteiger partial charge in [0.15, 0.2) is 5.13 Å². The summed E-state index contributed by atoms with van der Waals surface area (Å²) in [4.78, 5) is 27.3. The predicted molar refractivity (Wildman–Crippen MR) is 93.3 cm³/mol. The summed E-state index contributed by atoms with van der Waals surface area (Å²) in [6.45, 7) is 1.57. The zero-order chi connectivity index (χ0) is 18.0. The summed E-state index contributed by atoms with van der Waals surface area (Å²) in [5.74, 6) is -0.949. The Labute approximate surface area is 146 Å². The summed E-state index contributed by atoms with van der Waals surface area (Å²) in [5.41, 5.74) is 1.45. The van der Waals surface area contributed by atoms with E-state index in [1.807, 2.05) is 0 Å². The first-order valence-corrected chi connectivity index (χ1v) is 8.10. The van der Waals surface area contributed by atoms with Gasteiger partial charge in [0.1, 0.15) is 11.4 Å². The molecule has 0 fully saturated rings. The number of aromatic nitrogens is 1. The Morgan fingerprint density at radius 1 is 1.24 bits per heavy atom. The molecule has 1 N–H and O–H groups in total. The van der Waals surface area contributed by atoms with Crippen LogP contribution in [0.2, 0.25) is 0 Å². The Morgan fingerprint density at radius 3 is 2.64 bits per heavy atom. The standard InChI is InChI=1S/C17H12FN3O3S/c1-10-3-2-4-13(15(10)21(23)24)16(22)20-17-19-14(9-25-17)11-5-7-12(18)8-6-11/h2-9H,1H3,(H,19,20,22). The van der Waals surface area contributed by atoms with E-state index in [0.717, 1.165) is 0 Å². The molecule has 3 rings (SSSR count). The Morgan fingerprint density at radius 2 is 1.96 bits per heavy atom. The second-order valence-corrected chi connectivity index (χ2v) is 6.09. The van der Waals surface area contributed by atoms with Crippen molar-refractivity contribution in [3.63, 3.8) is 0 Å². The molecular weight excluding hydrogens is 345 g/mol. The zero-order valence-electron chi connectivity index (χ0n) is 13.0. The van der Waals surface area contributed by atoms with Crippen molar-refractivity contribution < 1.29 is 14.1 Å². The molecule has 0 radical (unpaired) electrons. The molecule has 0 atom stereocenters. The number of nitro benzene ring substituents is 1. The van der Waals surface area contributed by atoms with Crippen molar-refractivity contribution in [2.45, 2.75) is 6.92 Å². The van der Waals surface area contributed by atoms with Gasteiger partial charge in [0.05, 0.1) is 10.6 Å². The van der Waals surface area contributed by atoms with Crippen molar-refractivity contribution in [3.05, 3.63) is 74.9 Å². The van der Waals surface area contributed by atoms with Gasteiger partial charge in [0, 0.05) is 16.5 Å². The molecule has 0 aliphatic heterocycles. The molecule has 25 heavy (non-hydrogen) atoms. The van der Waals surface area contributed by atoms with Gasteiger partial charge in [0.2, 0.25) is 0 Å². The maximum absolute atomic E-state index is 13.0. The average molecular weight is 357 g/mol. The zero-order valence-corrected chi connectivity index (χ0v) is 13.8. The van der Waals surface area contributed by atoms with E-state index in [4.69, 9.17) is 0 Å². The monoisotopic (exact) mass is 357 g/mol. The van der Waals surface area contributed by atoms with Crippen LogP contribution < -0.4 is 5.32 Å². The number of para-hydroxylation sites is 1. The van der Waals surface area contributed by atoms with Crippen LogP contribution in [0.4, 0.5) is 15.2 Å². The third-order valence-corrected chi connectivity index (χ3v) is 4.29. The van der Waals surface area contributed by atoms with Gasteiger partial charge < -0.3 is 0 Å². The van der Waals surface area contributed by atoms with Crippen molar-refractivity contribution in [2.24, 2.45) is 0 Å². The molecule has 0 spiro atoms. The quantitative estimate of drug-likeness (QED) is 0.553. The van der Waals surface area contributed by atoms with Crippen LogP contribution >= 0.6 is 11.3 Å². The van der Waals surface area contributed by atoms with Crippen molar-refractivity contribution in [2.75, 3.05) is 5.32 Å². The number of nitrogens with zero attached hydrogens (tertiary/aromatic N) is 2. The lowest BCUT2D eigenvalue weighted by atomic mass is 10.1. The van der Waals surface area contributed by atoms with Crippen molar-refractivity contribution in [1.29, 1.82) is 0 Å². The maximum Gasteiger partial charge on any atom is 0.285 e. The summed E-state index contributed by atoms with van der Waals surface area (Å²) >= 11 is 1.18. The third-order valence-electron chi connectivity index (χ3n) is 3.53. The summed E-state index contributed by atoms with van der Waals surface area (Å²) in [6.07, 6.45) is 0. The lowest BCUT2D eigenvalue weighted by Crippen LogP contribution is -2.14. The first kappa shape index (κ1) is 16.7. The minimum atomic E-state index is -0.601. The minimum Gasteiger partial charge on any atom is -0.298 e. The number of benzene rings is 2. The number of nitro groups is 1. The molecule has 6 nitrogen and oxygen atoms in total. The molecule has 8 heteroatoms. The molecular formula is C17H12FN3O3S. The molecule has 1 heterocycles. The van der Waals surface area contributed by atoms with Gasteiger partial charge in [0.25, 0.3) is 11.6 Å². The Hall–Kier alpha value is -3.13. The van der Waals surface area contributed by atoms with E-state index in [0.29, 0.717) is 22.0 Å². The largest absolute Gasteiger partial charge is 0.298 e. The number of hydrogen-bond donors (Lipinski definition) is 1. The van der Waals surface area contributed by atoms with Crippen molar-refractivity contribution in [3.8, 4) is 11.3 Å². The van der Waals surface area contributed by atoms with Crippen LogP contribution in [0.1, 0.15) is 15.9 Å². The number of nitrogens with one attached hydrogen (secondary N) is 1. The van der Waals surface area contributed by atoms with Crippen LogP contribution in [-0.2, 0) is 0 Å². The highest BCUT2D eigenvalue weighted by molar-refractivity contribution is 7.14. The Kier molecular flexibility index (Phi) is 4.53. The molecule has 1 aromatic heterocycles. The van der Waals surface area contributed by atoms with Crippen LogP contribution in [0.15, 0.2) is 47.8 Å². The van der Waals surface area contributed by atoms with Crippen LogP contribution in [0, 0.1) is 22.9 Å². The molecule has 0 aliphatic rings. The molecule has 0 saturated heterocycles. The van der Waals surface area contributed by atoms with Crippen LogP contribution in [0.25, 0.3) is 11.3 Å². The van der Waals surface area contributed by atoms with E-state index in [2.05, 4.69) is 10.3 Å². The SMILES string of the molecule is Cc1cccc(C(=O)Nc2nc(-c3ccc(F)cc3)cs2)c1[N+](=O)[O-]. The highest BCUT2D eigenvalue weighted by Crippen LogP contribution is 2.27. The van der Waals surface area contributed by atoms with E-state index >= 15 is 0 Å². The van der Waals surface area contributed by atoms with Gasteiger partial charge >= 0.3 is 0 Å². The Bertz CT molecular complexity index is 954. The van der Waals surface area contributed by atoms with Gasteiger partial charge in [-0.05, 0) is 37.3 Å². The number of amides is 1. The normalized spacial score (nSPS) is 10.5. The van der Waals surface area contributed by atoms with E-state index in [1.54, 1.807) is 36.6 Å². The van der Waals surface area contributed by atoms with Gasteiger partial charge in [-0.3, -0.25) is 20.2 Å². The van der Waals surface area contributed by atoms with Crippen molar-refractivity contribution >= 4 is 28.1 Å². The number of carbonyl (C=O) groups excluding carboxylic acids is 1. The fraction of sp³-hybridized carbons (Fsp3) is 0.0588. The number of anilines is 1. The molecule has 0 saturated carbocycles. The summed E-state index contributed by atoms with van der Waals surface area (Å²) in [5, 5.41) is 15.8. The number of thiazole rings is 1. The highest BCUT2D eigenvalue weighted by Gasteiger charge is 2.23. The highest BCUT2D eigenvalue weighted by atomic mass is 32.1. The molecule has 0 aliphatic carbocycles. The number of hydrogen-bond acceptors (Lipinski definition) is 5. The van der Waals surface area contributed by atoms with Crippen LogP contribution in [0.5, 0.6) is 0 Å². The molecule has 0 bridgehead atoms. The van der Waals surface area contributed by atoms with Gasteiger partial charge in [-0.2, -0.15) is 0 Å². The topological polar surface area (TPSA) is 85.1 Å². The summed E-state index contributed by atoms with van der Waals surface area (Å²) in [7, 11) is 0. The first-order valence-electron chi connectivity index (χ1n) is 7.22. The number of carbonyl (C=O) groups is 1. The second kappa shape index (κ2) is 6.78. The minimum absolute atomic E-state index is 0.0245. The lowest BCUT2D eigenvalue weighted by Gasteiger charge is -2.05. The average Bonchev–Trinajstić information content (AvgIpc) is 3.03. The van der Waals surface area contributed by atoms with E-state index < -0.39 is 10.8 Å². The fourth-order valence-corrected chi connectivity index (χ4v) is 3.05. The first-order chi connectivity index (χ1) is 12.0. The van der Waals surface area contributed by atoms with Crippen LogP contribution in [0.3, 0.4) is 0 Å². The van der Waals surface area contributed by atoms with Gasteiger partial charge in [-0.1, -0.05) is 12.1 Å². The summed E-state index contributed by atoms with van der Waals surface area (Å²) < 4.78 is 13.0. The van der Waals surface area contributed by atoms with Crippen LogP contribution in [-0.4, -0.2) is 15.8 Å². The van der Waals surface area contributed by atoms with E-state index in [1.165, 1.54) is 29.5 Å².